The van der Waals surface area contributed by atoms with Crippen molar-refractivity contribution in [1.29, 1.82) is 0 Å². The van der Waals surface area contributed by atoms with E-state index in [9.17, 15) is 0 Å². The summed E-state index contributed by atoms with van der Waals surface area (Å²) in [7, 11) is 0. The molecule has 2 aliphatic heterocycles. The first-order chi connectivity index (χ1) is 8.88. The van der Waals surface area contributed by atoms with E-state index < -0.39 is 0 Å². The molecule has 0 bridgehead atoms. The molecule has 1 N–H and O–H groups in total. The minimum absolute atomic E-state index is 0.484. The van der Waals surface area contributed by atoms with E-state index in [-0.39, 0.29) is 0 Å². The summed E-state index contributed by atoms with van der Waals surface area (Å²) in [5, 5.41) is 3.73. The maximum atomic E-state index is 5.78. The van der Waals surface area contributed by atoms with Gasteiger partial charge in [-0.2, -0.15) is 0 Å². The summed E-state index contributed by atoms with van der Waals surface area (Å²) in [4.78, 5) is 2.61. The fourth-order valence-corrected chi connectivity index (χ4v) is 3.30. The lowest BCUT2D eigenvalue weighted by atomic mass is 10.0. The van der Waals surface area contributed by atoms with Crippen molar-refractivity contribution in [3.8, 4) is 0 Å². The second kappa shape index (κ2) is 8.13. The molecule has 2 unspecified atom stereocenters. The molecule has 0 saturated carbocycles. The van der Waals surface area contributed by atoms with Gasteiger partial charge >= 0.3 is 0 Å². The van der Waals surface area contributed by atoms with Gasteiger partial charge in [0, 0.05) is 25.7 Å². The molecule has 0 aromatic carbocycles. The van der Waals surface area contributed by atoms with Crippen LogP contribution in [-0.4, -0.2) is 49.8 Å². The first-order valence-electron chi connectivity index (χ1n) is 7.96. The van der Waals surface area contributed by atoms with Crippen molar-refractivity contribution in [2.45, 2.75) is 64.0 Å². The van der Waals surface area contributed by atoms with Crippen molar-refractivity contribution < 1.29 is 4.74 Å². The molecule has 2 saturated heterocycles. The van der Waals surface area contributed by atoms with Crippen LogP contribution in [0.1, 0.15) is 51.9 Å². The number of rotatable bonds is 4. The molecule has 0 aromatic rings. The number of hydrogen-bond acceptors (Lipinski definition) is 3. The Morgan fingerprint density at radius 1 is 1.11 bits per heavy atom. The summed E-state index contributed by atoms with van der Waals surface area (Å²) in [5.41, 5.74) is 0. The summed E-state index contributed by atoms with van der Waals surface area (Å²) in [6, 6.07) is 0.714. The Morgan fingerprint density at radius 3 is 2.89 bits per heavy atom. The maximum absolute atomic E-state index is 5.78. The number of nitrogens with one attached hydrogen (secondary N) is 1. The van der Waals surface area contributed by atoms with E-state index in [4.69, 9.17) is 4.74 Å². The third-order valence-corrected chi connectivity index (χ3v) is 4.26. The molecule has 0 aromatic heterocycles. The van der Waals surface area contributed by atoms with Crippen LogP contribution < -0.4 is 5.32 Å². The summed E-state index contributed by atoms with van der Waals surface area (Å²) >= 11 is 0. The van der Waals surface area contributed by atoms with E-state index in [0.29, 0.717) is 12.1 Å². The second-order valence-electron chi connectivity index (χ2n) is 5.83. The Hall–Kier alpha value is -0.120. The molecular formula is C15H30N2O. The van der Waals surface area contributed by atoms with E-state index in [1.807, 2.05) is 0 Å². The number of likely N-dealkylation sites (tertiary alicyclic amines) is 1. The lowest BCUT2D eigenvalue weighted by molar-refractivity contribution is 0.00316. The van der Waals surface area contributed by atoms with Crippen LogP contribution in [0.25, 0.3) is 0 Å². The van der Waals surface area contributed by atoms with Gasteiger partial charge in [0.25, 0.3) is 0 Å². The van der Waals surface area contributed by atoms with Crippen LogP contribution in [0.4, 0.5) is 0 Å². The lowest BCUT2D eigenvalue weighted by Crippen LogP contribution is -2.47. The normalized spacial score (nSPS) is 31.8. The third kappa shape index (κ3) is 4.87. The molecule has 2 atom stereocenters. The molecule has 3 nitrogen and oxygen atoms in total. The topological polar surface area (TPSA) is 24.5 Å². The molecule has 2 fully saturated rings. The molecule has 106 valence electrons. The van der Waals surface area contributed by atoms with Crippen LogP contribution in [-0.2, 0) is 4.74 Å². The van der Waals surface area contributed by atoms with Crippen molar-refractivity contribution in [1.82, 2.24) is 10.2 Å². The average Bonchev–Trinajstić information content (AvgIpc) is 2.33. The van der Waals surface area contributed by atoms with Gasteiger partial charge in [0.1, 0.15) is 0 Å². The molecule has 3 heteroatoms. The van der Waals surface area contributed by atoms with Crippen LogP contribution >= 0.6 is 0 Å². The molecule has 2 heterocycles. The highest BCUT2D eigenvalue weighted by molar-refractivity contribution is 4.79. The van der Waals surface area contributed by atoms with Crippen molar-refractivity contribution >= 4 is 0 Å². The maximum Gasteiger partial charge on any atom is 0.0702 e. The zero-order valence-corrected chi connectivity index (χ0v) is 12.0. The molecule has 2 aliphatic rings. The summed E-state index contributed by atoms with van der Waals surface area (Å²) in [5.74, 6) is 0. The third-order valence-electron chi connectivity index (χ3n) is 4.26. The number of nitrogens with zero attached hydrogens (tertiary/aromatic N) is 1. The fraction of sp³-hybridized carbons (Fsp3) is 1.00. The van der Waals surface area contributed by atoms with Crippen molar-refractivity contribution in [2.24, 2.45) is 0 Å². The van der Waals surface area contributed by atoms with Gasteiger partial charge in [-0.05, 0) is 45.7 Å². The molecule has 0 spiro atoms. The minimum atomic E-state index is 0.484. The van der Waals surface area contributed by atoms with E-state index in [1.165, 1.54) is 64.6 Å². The first kappa shape index (κ1) is 14.3. The number of piperidine rings is 1. The van der Waals surface area contributed by atoms with E-state index >= 15 is 0 Å². The van der Waals surface area contributed by atoms with Gasteiger partial charge in [0.2, 0.25) is 0 Å². The molecule has 0 aliphatic carbocycles. The van der Waals surface area contributed by atoms with E-state index in [2.05, 4.69) is 17.1 Å². The molecular weight excluding hydrogens is 224 g/mol. The largest absolute Gasteiger partial charge is 0.377 e. The quantitative estimate of drug-likeness (QED) is 0.834. The Bertz CT molecular complexity index is 213. The van der Waals surface area contributed by atoms with Crippen molar-refractivity contribution in [2.75, 3.05) is 32.8 Å². The Labute approximate surface area is 112 Å². The Morgan fingerprint density at radius 2 is 2.00 bits per heavy atom. The Balaban J connectivity index is 1.72. The monoisotopic (exact) mass is 254 g/mol. The van der Waals surface area contributed by atoms with Gasteiger partial charge in [-0.15, -0.1) is 0 Å². The zero-order valence-electron chi connectivity index (χ0n) is 12.0. The van der Waals surface area contributed by atoms with E-state index in [0.717, 1.165) is 13.2 Å². The zero-order chi connectivity index (χ0) is 12.6. The van der Waals surface area contributed by atoms with Crippen LogP contribution in [0.3, 0.4) is 0 Å². The van der Waals surface area contributed by atoms with E-state index in [1.54, 1.807) is 0 Å². The Kier molecular flexibility index (Phi) is 6.46. The van der Waals surface area contributed by atoms with Crippen LogP contribution in [0.5, 0.6) is 0 Å². The SMILES string of the molecule is CCOC1CCCN(CC2CCCCCCN2)C1. The molecule has 18 heavy (non-hydrogen) atoms. The van der Waals surface area contributed by atoms with Gasteiger partial charge in [0.05, 0.1) is 6.10 Å². The van der Waals surface area contributed by atoms with Gasteiger partial charge in [-0.1, -0.05) is 19.3 Å². The summed E-state index contributed by atoms with van der Waals surface area (Å²) < 4.78 is 5.78. The minimum Gasteiger partial charge on any atom is -0.377 e. The highest BCUT2D eigenvalue weighted by Gasteiger charge is 2.22. The predicted octanol–water partition coefficient (Wildman–Crippen LogP) is 2.41. The van der Waals surface area contributed by atoms with Crippen molar-refractivity contribution in [3.05, 3.63) is 0 Å². The number of hydrogen-bond donors (Lipinski definition) is 1. The van der Waals surface area contributed by atoms with Crippen LogP contribution in [0, 0.1) is 0 Å². The lowest BCUT2D eigenvalue weighted by Gasteiger charge is -2.35. The molecule has 0 radical (unpaired) electrons. The second-order valence-corrected chi connectivity index (χ2v) is 5.83. The van der Waals surface area contributed by atoms with Gasteiger partial charge in [-0.25, -0.2) is 0 Å². The van der Waals surface area contributed by atoms with Crippen molar-refractivity contribution in [3.63, 3.8) is 0 Å². The van der Waals surface area contributed by atoms with Gasteiger partial charge < -0.3 is 10.1 Å². The smallest absolute Gasteiger partial charge is 0.0702 e. The number of ether oxygens (including phenoxy) is 1. The predicted molar refractivity (Wildman–Crippen MR) is 76.0 cm³/mol. The highest BCUT2D eigenvalue weighted by Crippen LogP contribution is 2.16. The summed E-state index contributed by atoms with van der Waals surface area (Å²) in [6.07, 6.45) is 10.0. The van der Waals surface area contributed by atoms with Gasteiger partial charge in [-0.3, -0.25) is 4.90 Å². The molecule has 0 amide bonds. The highest BCUT2D eigenvalue weighted by atomic mass is 16.5. The standard InChI is InChI=1S/C15H30N2O/c1-2-18-15-9-7-11-17(13-15)12-14-8-5-3-4-6-10-16-14/h14-16H,2-13H2,1H3. The fourth-order valence-electron chi connectivity index (χ4n) is 3.30. The van der Waals surface area contributed by atoms with Gasteiger partial charge in [0.15, 0.2) is 0 Å². The van der Waals surface area contributed by atoms with Crippen LogP contribution in [0.15, 0.2) is 0 Å². The van der Waals surface area contributed by atoms with Crippen LogP contribution in [0.2, 0.25) is 0 Å². The summed E-state index contributed by atoms with van der Waals surface area (Å²) in [6.45, 7) is 7.82. The first-order valence-corrected chi connectivity index (χ1v) is 7.96. The molecule has 2 rings (SSSR count). The average molecular weight is 254 g/mol.